The fourth-order valence-corrected chi connectivity index (χ4v) is 2.35. The molecule has 18 heavy (non-hydrogen) atoms. The Morgan fingerprint density at radius 1 is 1.28 bits per heavy atom. The second-order valence-electron chi connectivity index (χ2n) is 4.79. The first-order valence-corrected chi connectivity index (χ1v) is 6.72. The molecule has 1 atom stereocenters. The van der Waals surface area contributed by atoms with Crippen LogP contribution in [0.2, 0.25) is 0 Å². The van der Waals surface area contributed by atoms with Crippen molar-refractivity contribution in [3.63, 3.8) is 0 Å². The Balaban J connectivity index is 2.66. The summed E-state index contributed by atoms with van der Waals surface area (Å²) in [6, 6.07) is 8.66. The van der Waals surface area contributed by atoms with Gasteiger partial charge < -0.3 is 15.4 Å². The number of benzene rings is 1. The Morgan fingerprint density at radius 3 is 2.50 bits per heavy atom. The molecule has 0 heterocycles. The second-order valence-corrected chi connectivity index (χ2v) is 4.79. The minimum absolute atomic E-state index is 0.0331. The maximum absolute atomic E-state index is 6.27. The van der Waals surface area contributed by atoms with Gasteiger partial charge in [0, 0.05) is 18.6 Å². The minimum atomic E-state index is 0.0331. The summed E-state index contributed by atoms with van der Waals surface area (Å²) in [5.41, 5.74) is 7.40. The SMILES string of the molecule is CCC(CC)N(C)CC(N)c1cccc(OC)c1. The van der Waals surface area contributed by atoms with Gasteiger partial charge in [0.25, 0.3) is 0 Å². The Hall–Kier alpha value is -1.06. The Morgan fingerprint density at radius 2 is 1.94 bits per heavy atom. The highest BCUT2D eigenvalue weighted by atomic mass is 16.5. The molecule has 0 aliphatic heterocycles. The van der Waals surface area contributed by atoms with Crippen LogP contribution in [-0.2, 0) is 0 Å². The molecule has 3 nitrogen and oxygen atoms in total. The van der Waals surface area contributed by atoms with Crippen molar-refractivity contribution in [3.8, 4) is 5.75 Å². The van der Waals surface area contributed by atoms with E-state index in [0.717, 1.165) is 30.7 Å². The summed E-state index contributed by atoms with van der Waals surface area (Å²) >= 11 is 0. The van der Waals surface area contributed by atoms with Gasteiger partial charge in [-0.3, -0.25) is 0 Å². The van der Waals surface area contributed by atoms with Crippen molar-refractivity contribution >= 4 is 0 Å². The summed E-state index contributed by atoms with van der Waals surface area (Å²) in [6.45, 7) is 5.32. The average molecular weight is 250 g/mol. The number of hydrogen-bond donors (Lipinski definition) is 1. The third kappa shape index (κ3) is 4.00. The molecule has 0 aliphatic rings. The first-order chi connectivity index (χ1) is 8.62. The molecule has 1 aromatic carbocycles. The van der Waals surface area contributed by atoms with Gasteiger partial charge >= 0.3 is 0 Å². The molecule has 102 valence electrons. The van der Waals surface area contributed by atoms with E-state index in [4.69, 9.17) is 10.5 Å². The van der Waals surface area contributed by atoms with E-state index < -0.39 is 0 Å². The number of nitrogens with two attached hydrogens (primary N) is 1. The molecule has 2 N–H and O–H groups in total. The topological polar surface area (TPSA) is 38.5 Å². The summed E-state index contributed by atoms with van der Waals surface area (Å²) in [7, 11) is 3.83. The van der Waals surface area contributed by atoms with E-state index in [1.54, 1.807) is 7.11 Å². The van der Waals surface area contributed by atoms with Crippen molar-refractivity contribution in [2.24, 2.45) is 5.73 Å². The smallest absolute Gasteiger partial charge is 0.119 e. The van der Waals surface area contributed by atoms with Crippen molar-refractivity contribution < 1.29 is 4.74 Å². The predicted octanol–water partition coefficient (Wildman–Crippen LogP) is 2.82. The van der Waals surface area contributed by atoms with Crippen molar-refractivity contribution in [1.29, 1.82) is 0 Å². The van der Waals surface area contributed by atoms with E-state index in [2.05, 4.69) is 31.9 Å². The van der Waals surface area contributed by atoms with Crippen LogP contribution >= 0.6 is 0 Å². The largest absolute Gasteiger partial charge is 0.497 e. The first kappa shape index (κ1) is 15.0. The summed E-state index contributed by atoms with van der Waals surface area (Å²) in [6.07, 6.45) is 2.33. The fraction of sp³-hybridized carbons (Fsp3) is 0.600. The molecule has 1 unspecified atom stereocenters. The van der Waals surface area contributed by atoms with Gasteiger partial charge in [-0.05, 0) is 37.6 Å². The Bertz CT molecular complexity index is 350. The molecular weight excluding hydrogens is 224 g/mol. The predicted molar refractivity (Wildman–Crippen MR) is 76.9 cm³/mol. The summed E-state index contributed by atoms with van der Waals surface area (Å²) < 4.78 is 5.23. The van der Waals surface area contributed by atoms with Gasteiger partial charge in [-0.15, -0.1) is 0 Å². The van der Waals surface area contributed by atoms with Crippen LogP contribution < -0.4 is 10.5 Å². The summed E-state index contributed by atoms with van der Waals surface area (Å²) in [5.74, 6) is 0.869. The molecule has 0 aromatic heterocycles. The van der Waals surface area contributed by atoms with E-state index in [1.807, 2.05) is 18.2 Å². The average Bonchev–Trinajstić information content (AvgIpc) is 2.40. The quantitative estimate of drug-likeness (QED) is 0.808. The molecule has 0 amide bonds. The second kappa shape index (κ2) is 7.39. The van der Waals surface area contributed by atoms with Gasteiger partial charge in [0.05, 0.1) is 7.11 Å². The molecule has 3 heteroatoms. The van der Waals surface area contributed by atoms with Gasteiger partial charge in [0.1, 0.15) is 5.75 Å². The Labute approximate surface area is 111 Å². The van der Waals surface area contributed by atoms with Gasteiger partial charge in [-0.25, -0.2) is 0 Å². The van der Waals surface area contributed by atoms with E-state index in [1.165, 1.54) is 0 Å². The highest BCUT2D eigenvalue weighted by Crippen LogP contribution is 2.19. The number of hydrogen-bond acceptors (Lipinski definition) is 3. The molecule has 0 saturated carbocycles. The van der Waals surface area contributed by atoms with E-state index >= 15 is 0 Å². The summed E-state index contributed by atoms with van der Waals surface area (Å²) in [4.78, 5) is 2.35. The van der Waals surface area contributed by atoms with Gasteiger partial charge in [-0.1, -0.05) is 26.0 Å². The van der Waals surface area contributed by atoms with Crippen LogP contribution in [0.4, 0.5) is 0 Å². The monoisotopic (exact) mass is 250 g/mol. The molecule has 0 saturated heterocycles. The third-order valence-electron chi connectivity index (χ3n) is 3.57. The van der Waals surface area contributed by atoms with Crippen LogP contribution in [-0.4, -0.2) is 31.6 Å². The minimum Gasteiger partial charge on any atom is -0.497 e. The van der Waals surface area contributed by atoms with Crippen LogP contribution in [0.25, 0.3) is 0 Å². The lowest BCUT2D eigenvalue weighted by atomic mass is 10.0. The van der Waals surface area contributed by atoms with Gasteiger partial charge in [0.15, 0.2) is 0 Å². The normalized spacial score (nSPS) is 13.1. The number of likely N-dealkylation sites (N-methyl/N-ethyl adjacent to an activating group) is 1. The van der Waals surface area contributed by atoms with Crippen molar-refractivity contribution in [1.82, 2.24) is 4.90 Å². The maximum atomic E-state index is 6.27. The number of nitrogens with zero attached hydrogens (tertiary/aromatic N) is 1. The zero-order valence-electron chi connectivity index (χ0n) is 12.0. The van der Waals surface area contributed by atoms with Gasteiger partial charge in [0.2, 0.25) is 0 Å². The van der Waals surface area contributed by atoms with Crippen LogP contribution in [0.1, 0.15) is 38.3 Å². The van der Waals surface area contributed by atoms with Crippen molar-refractivity contribution in [2.75, 3.05) is 20.7 Å². The molecular formula is C15H26N2O. The lowest BCUT2D eigenvalue weighted by Crippen LogP contribution is -2.36. The summed E-state index contributed by atoms with van der Waals surface area (Å²) in [5, 5.41) is 0. The molecule has 0 radical (unpaired) electrons. The van der Waals surface area contributed by atoms with E-state index in [0.29, 0.717) is 6.04 Å². The highest BCUT2D eigenvalue weighted by Gasteiger charge is 2.15. The zero-order valence-corrected chi connectivity index (χ0v) is 12.0. The van der Waals surface area contributed by atoms with Crippen LogP contribution in [0.5, 0.6) is 5.75 Å². The lowest BCUT2D eigenvalue weighted by Gasteiger charge is -2.28. The van der Waals surface area contributed by atoms with E-state index in [-0.39, 0.29) is 6.04 Å². The van der Waals surface area contributed by atoms with Crippen LogP contribution in [0, 0.1) is 0 Å². The molecule has 0 fully saturated rings. The van der Waals surface area contributed by atoms with Crippen molar-refractivity contribution in [2.45, 2.75) is 38.8 Å². The fourth-order valence-electron chi connectivity index (χ4n) is 2.35. The lowest BCUT2D eigenvalue weighted by molar-refractivity contribution is 0.217. The standard InChI is InChI=1S/C15H26N2O/c1-5-13(6-2)17(3)11-15(16)12-8-7-9-14(10-12)18-4/h7-10,13,15H,5-6,11,16H2,1-4H3. The number of rotatable bonds is 7. The maximum Gasteiger partial charge on any atom is 0.119 e. The molecule has 1 aromatic rings. The van der Waals surface area contributed by atoms with Crippen molar-refractivity contribution in [3.05, 3.63) is 29.8 Å². The number of methoxy groups -OCH3 is 1. The zero-order chi connectivity index (χ0) is 13.5. The van der Waals surface area contributed by atoms with E-state index in [9.17, 15) is 0 Å². The van der Waals surface area contributed by atoms with Crippen LogP contribution in [0.3, 0.4) is 0 Å². The molecule has 0 spiro atoms. The molecule has 0 aliphatic carbocycles. The molecule has 1 rings (SSSR count). The highest BCUT2D eigenvalue weighted by molar-refractivity contribution is 5.30. The number of ether oxygens (including phenoxy) is 1. The van der Waals surface area contributed by atoms with Gasteiger partial charge in [-0.2, -0.15) is 0 Å². The van der Waals surface area contributed by atoms with Crippen LogP contribution in [0.15, 0.2) is 24.3 Å². The molecule has 0 bridgehead atoms. The third-order valence-corrected chi connectivity index (χ3v) is 3.57. The first-order valence-electron chi connectivity index (χ1n) is 6.72. The Kier molecular flexibility index (Phi) is 6.16.